The zero-order valence-corrected chi connectivity index (χ0v) is 51.1. The Morgan fingerprint density at radius 2 is 0.845 bits per heavy atom. The number of fused-ring (bicyclic) bond motifs is 1. The van der Waals surface area contributed by atoms with Crippen molar-refractivity contribution in [1.82, 2.24) is 0 Å². The summed E-state index contributed by atoms with van der Waals surface area (Å²) in [7, 11) is -26.3. The quantitative estimate of drug-likeness (QED) is 0.0244. The predicted molar refractivity (Wildman–Crippen MR) is 217 cm³/mol. The fourth-order valence-corrected chi connectivity index (χ4v) is 8.77. The molecule has 0 fully saturated rings. The van der Waals surface area contributed by atoms with E-state index in [1.807, 2.05) is 0 Å². The molecule has 0 aliphatic rings. The van der Waals surface area contributed by atoms with Crippen molar-refractivity contribution < 1.29 is 223 Å². The molecule has 0 atom stereocenters. The van der Waals surface area contributed by atoms with Crippen LogP contribution in [0.3, 0.4) is 0 Å². The molecule has 0 saturated heterocycles. The van der Waals surface area contributed by atoms with E-state index >= 15 is 0 Å². The van der Waals surface area contributed by atoms with Crippen molar-refractivity contribution in [3.05, 3.63) is 124 Å². The van der Waals surface area contributed by atoms with Crippen LogP contribution in [0.1, 0.15) is 11.1 Å². The Morgan fingerprint density at radius 3 is 1.34 bits per heavy atom. The molecule has 0 aliphatic heterocycles. The summed E-state index contributed by atoms with van der Waals surface area (Å²) in [6, 6.07) is 16.0. The van der Waals surface area contributed by atoms with E-state index in [1.54, 1.807) is 0 Å². The predicted octanol–water partition coefficient (Wildman–Crippen LogP) is -9.22. The van der Waals surface area contributed by atoms with Crippen LogP contribution in [0.25, 0.3) is 22.9 Å². The molecule has 25 nitrogen and oxygen atoms in total. The van der Waals surface area contributed by atoms with Crippen molar-refractivity contribution in [3.63, 3.8) is 0 Å². The van der Waals surface area contributed by atoms with Crippen LogP contribution in [0.15, 0.2) is 158 Å². The van der Waals surface area contributed by atoms with E-state index in [1.165, 1.54) is 0 Å². The minimum absolute atomic E-state index is 0. The van der Waals surface area contributed by atoms with E-state index < -0.39 is 103 Å². The van der Waals surface area contributed by atoms with Crippen molar-refractivity contribution in [3.8, 4) is 5.75 Å². The van der Waals surface area contributed by atoms with E-state index in [4.69, 9.17) is 0 Å². The Balaban J connectivity index is 0.00000504. The molecule has 0 amide bonds. The van der Waals surface area contributed by atoms with Gasteiger partial charge in [0.15, 0.2) is 0 Å². The molecule has 0 saturated carbocycles. The minimum atomic E-state index is -5.55. The third kappa shape index (κ3) is 17.5. The zero-order chi connectivity index (χ0) is 48.6. The van der Waals surface area contributed by atoms with Gasteiger partial charge >= 0.3 is 148 Å². The minimum Gasteiger partial charge on any atom is -0.871 e. The van der Waals surface area contributed by atoms with Crippen LogP contribution < -0.4 is 153 Å². The number of nitrogens with zero attached hydrogens (tertiary/aromatic N) is 7. The van der Waals surface area contributed by atoms with Gasteiger partial charge in [-0.15, -0.1) is 10.2 Å². The maximum atomic E-state index is 13.5. The molecule has 342 valence electrons. The molecule has 0 aromatic heterocycles. The molecule has 6 rings (SSSR count). The second-order valence-electron chi connectivity index (χ2n) is 13.0. The maximum Gasteiger partial charge on any atom is 1.00 e. The zero-order valence-electron chi connectivity index (χ0n) is 37.0. The smallest absolute Gasteiger partial charge is 0.871 e. The largest absolute Gasteiger partial charge is 1.00 e. The fourth-order valence-electron chi connectivity index (χ4n) is 5.64. The van der Waals surface area contributed by atoms with Crippen LogP contribution in [0.4, 0.5) is 39.8 Å². The van der Waals surface area contributed by atoms with Crippen molar-refractivity contribution in [2.24, 2.45) is 30.7 Å². The van der Waals surface area contributed by atoms with Gasteiger partial charge in [-0.2, -0.15) is 20.5 Å². The molecule has 6 aromatic carbocycles. The van der Waals surface area contributed by atoms with Gasteiger partial charge in [0.25, 0.3) is 5.69 Å². The monoisotopic (exact) mass is 1110 g/mol. The van der Waals surface area contributed by atoms with Crippen molar-refractivity contribution >= 4 is 113 Å². The van der Waals surface area contributed by atoms with Gasteiger partial charge in [0.1, 0.15) is 56.3 Å². The average Bonchev–Trinajstić information content (AvgIpc) is 3.22. The number of benzene rings is 6. The maximum absolute atomic E-state index is 13.5. The number of rotatable bonds is 14. The normalized spacial score (nSPS) is 12.2. The topological polar surface area (TPSA) is 426 Å². The summed E-state index contributed by atoms with van der Waals surface area (Å²) in [5.74, 6) is -1.22. The summed E-state index contributed by atoms with van der Waals surface area (Å²) in [4.78, 5) is 5.33. The molecular weight excluding hydrogens is 1090 g/mol. The molecule has 0 radical (unpaired) electrons. The number of nitro benzene ring substituents is 1. The van der Waals surface area contributed by atoms with E-state index in [0.29, 0.717) is 18.2 Å². The van der Waals surface area contributed by atoms with Crippen molar-refractivity contribution in [2.75, 3.05) is 0 Å². The summed E-state index contributed by atoms with van der Waals surface area (Å²) in [5.41, 5.74) is -3.93. The number of non-ortho nitro benzene ring substituents is 1. The van der Waals surface area contributed by atoms with Gasteiger partial charge in [-0.25, -0.2) is 42.1 Å². The SMILES string of the molecule is O=[N+]([O-])c1ccc(C=Cc2ccc(N=Nc3ccc4c([O-])c(N=Nc5ccc(N=Nc6ccc(S(=O)(=O)[O-])cc6)cc5S(=O)(=O)[O-])c(S(=O)(=O)[O-])cc4c3)cc2S(=O)(=O)[O-])c(S(=O)(=O)[O-])c1.[Na+].[Na+].[Na+].[Na+].[Na+]. The second kappa shape index (κ2) is 26.6. The first kappa shape index (κ1) is 66.9. The number of nitro groups is 1. The molecule has 0 aliphatic carbocycles. The van der Waals surface area contributed by atoms with Crippen LogP contribution in [0.2, 0.25) is 0 Å². The Bertz CT molecular complexity index is 3740. The molecule has 0 unspecified atom stereocenters. The van der Waals surface area contributed by atoms with Gasteiger partial charge in [-0.05, 0) is 101 Å². The van der Waals surface area contributed by atoms with Gasteiger partial charge in [0.2, 0.25) is 0 Å². The van der Waals surface area contributed by atoms with E-state index in [0.717, 1.165) is 97.1 Å². The molecule has 0 N–H and O–H groups in total. The molecule has 0 heterocycles. The van der Waals surface area contributed by atoms with Crippen LogP contribution >= 0.6 is 0 Å². The summed E-state index contributed by atoms with van der Waals surface area (Å²) in [6.45, 7) is 0. The van der Waals surface area contributed by atoms with E-state index in [9.17, 15) is 80.1 Å². The first-order chi connectivity index (χ1) is 30.6. The van der Waals surface area contributed by atoms with Crippen molar-refractivity contribution in [2.45, 2.75) is 24.5 Å². The molecule has 6 aromatic rings. The third-order valence-electron chi connectivity index (χ3n) is 8.63. The standard InChI is InChI=1S/C36H25N7O18S5.5Na/c44-36-29-13-8-24(38-40-25-5-3-20(31(17-25)63(50,51)52)1-2-21-4-10-27(43(45)46)19-32(21)64(53,54)55)15-22(29)16-34(66(59,60)61)35(36)42-41-30-14-9-26(18-33(30)65(56,57)58)39-37-23-6-11-28(12-7-23)62(47,48)49;;;;;/h1-19,44H,(H,47,48,49)(H,50,51,52)(H,53,54,55)(H,56,57,58)(H,59,60,61);;;;;/q;5*+1/p-6. The summed E-state index contributed by atoms with van der Waals surface area (Å²) >= 11 is 0. The first-order valence-corrected chi connectivity index (χ1v) is 24.3. The van der Waals surface area contributed by atoms with Gasteiger partial charge in [-0.1, -0.05) is 30.0 Å². The van der Waals surface area contributed by atoms with Crippen molar-refractivity contribution in [1.29, 1.82) is 0 Å². The fraction of sp³-hybridized carbons (Fsp3) is 0. The number of hydrogen-bond donors (Lipinski definition) is 0. The van der Waals surface area contributed by atoms with Gasteiger partial charge in [0, 0.05) is 12.1 Å². The Morgan fingerprint density at radius 1 is 0.423 bits per heavy atom. The summed E-state index contributed by atoms with van der Waals surface area (Å²) in [5, 5.41) is 46.4. The van der Waals surface area contributed by atoms with E-state index in [-0.39, 0.29) is 192 Å². The molecule has 35 heteroatoms. The second-order valence-corrected chi connectivity index (χ2v) is 19.8. The van der Waals surface area contributed by atoms with Crippen LogP contribution in [-0.4, -0.2) is 69.8 Å². The molecule has 0 spiro atoms. The molecule has 71 heavy (non-hydrogen) atoms. The van der Waals surface area contributed by atoms with Crippen LogP contribution in [0, 0.1) is 10.1 Å². The Labute approximate surface area is 513 Å². The van der Waals surface area contributed by atoms with Gasteiger partial charge in [0.05, 0.1) is 57.8 Å². The molecular formula is C36H19N7Na5O18S5-. The average molecular weight is 1110 g/mol. The Kier molecular flexibility index (Phi) is 25.0. The Hall–Kier alpha value is -2.13. The third-order valence-corrected chi connectivity index (χ3v) is 13.0. The molecule has 0 bridgehead atoms. The van der Waals surface area contributed by atoms with Crippen LogP contribution in [0.5, 0.6) is 5.75 Å². The van der Waals surface area contributed by atoms with Gasteiger partial charge in [-0.3, -0.25) is 10.1 Å². The first-order valence-electron chi connectivity index (χ1n) is 17.3. The van der Waals surface area contributed by atoms with Crippen LogP contribution in [-0.2, 0) is 50.6 Å². The number of azo groups is 3. The van der Waals surface area contributed by atoms with E-state index in [2.05, 4.69) is 30.7 Å². The summed E-state index contributed by atoms with van der Waals surface area (Å²) < 4.78 is 179. The van der Waals surface area contributed by atoms with Gasteiger partial charge < -0.3 is 27.9 Å². The summed E-state index contributed by atoms with van der Waals surface area (Å²) in [6.07, 6.45) is 1.86. The number of hydrogen-bond acceptors (Lipinski definition) is 24.